The van der Waals surface area contributed by atoms with Crippen LogP contribution in [0.25, 0.3) is 0 Å². The highest BCUT2D eigenvalue weighted by Gasteiger charge is 2.32. The first-order valence-electron chi connectivity index (χ1n) is 8.36. The molecule has 5 nitrogen and oxygen atoms in total. The SMILES string of the molecule is CC(/C=C/S(C)(=O)=O)NC(=O)N1CC[C@H](CF)C[C@@H]1c1ccccc1. The van der Waals surface area contributed by atoms with Crippen LogP contribution in [0.1, 0.15) is 31.4 Å². The second-order valence-electron chi connectivity index (χ2n) is 6.56. The molecule has 0 aliphatic carbocycles. The maximum Gasteiger partial charge on any atom is 0.318 e. The van der Waals surface area contributed by atoms with Crippen LogP contribution in [-0.4, -0.2) is 44.9 Å². The number of amides is 2. The van der Waals surface area contributed by atoms with Gasteiger partial charge in [0, 0.05) is 24.3 Å². The number of nitrogens with one attached hydrogen (secondary N) is 1. The zero-order chi connectivity index (χ0) is 18.4. The van der Waals surface area contributed by atoms with Gasteiger partial charge in [-0.15, -0.1) is 0 Å². The van der Waals surface area contributed by atoms with Crippen LogP contribution in [0.15, 0.2) is 41.8 Å². The zero-order valence-corrected chi connectivity index (χ0v) is 15.4. The molecule has 138 valence electrons. The Hall–Kier alpha value is -1.89. The molecule has 2 amide bonds. The van der Waals surface area contributed by atoms with E-state index in [0.29, 0.717) is 19.4 Å². The van der Waals surface area contributed by atoms with Gasteiger partial charge in [0.25, 0.3) is 0 Å². The zero-order valence-electron chi connectivity index (χ0n) is 14.6. The lowest BCUT2D eigenvalue weighted by Gasteiger charge is -2.39. The number of alkyl halides is 1. The van der Waals surface area contributed by atoms with E-state index in [9.17, 15) is 17.6 Å². The minimum atomic E-state index is -3.23. The van der Waals surface area contributed by atoms with Crippen molar-refractivity contribution in [3.8, 4) is 0 Å². The molecule has 2 rings (SSSR count). The molecule has 3 atom stereocenters. The Morgan fingerprint density at radius 1 is 1.40 bits per heavy atom. The molecule has 1 aromatic rings. The molecule has 25 heavy (non-hydrogen) atoms. The number of halogens is 1. The van der Waals surface area contributed by atoms with E-state index in [0.717, 1.165) is 17.2 Å². The maximum atomic E-state index is 13.1. The molecule has 0 radical (unpaired) electrons. The van der Waals surface area contributed by atoms with Crippen LogP contribution >= 0.6 is 0 Å². The molecule has 0 bridgehead atoms. The highest BCUT2D eigenvalue weighted by Crippen LogP contribution is 2.34. The summed E-state index contributed by atoms with van der Waals surface area (Å²) in [5, 5.41) is 3.88. The third-order valence-electron chi connectivity index (χ3n) is 4.34. The van der Waals surface area contributed by atoms with E-state index in [1.807, 2.05) is 30.3 Å². The number of sulfone groups is 1. The number of nitrogens with zero attached hydrogens (tertiary/aromatic N) is 1. The van der Waals surface area contributed by atoms with Gasteiger partial charge in [0.05, 0.1) is 12.7 Å². The van der Waals surface area contributed by atoms with E-state index in [1.54, 1.807) is 11.8 Å². The molecule has 0 aromatic heterocycles. The first-order chi connectivity index (χ1) is 11.8. The Kier molecular flexibility index (Phi) is 6.58. The van der Waals surface area contributed by atoms with Gasteiger partial charge in [0.15, 0.2) is 9.84 Å². The van der Waals surface area contributed by atoms with Crippen molar-refractivity contribution in [3.05, 3.63) is 47.4 Å². The predicted octanol–water partition coefficient (Wildman–Crippen LogP) is 3.07. The fourth-order valence-corrected chi connectivity index (χ4v) is 3.52. The third kappa shape index (κ3) is 5.85. The van der Waals surface area contributed by atoms with Gasteiger partial charge in [-0.25, -0.2) is 13.2 Å². The van der Waals surface area contributed by atoms with E-state index in [-0.39, 0.29) is 24.7 Å². The molecule has 1 N–H and O–H groups in total. The Labute approximate surface area is 148 Å². The summed E-state index contributed by atoms with van der Waals surface area (Å²) < 4.78 is 35.5. The number of urea groups is 1. The quantitative estimate of drug-likeness (QED) is 0.869. The van der Waals surface area contributed by atoms with Crippen LogP contribution in [0, 0.1) is 5.92 Å². The van der Waals surface area contributed by atoms with Crippen molar-refractivity contribution in [2.45, 2.75) is 31.8 Å². The summed E-state index contributed by atoms with van der Waals surface area (Å²) in [6.45, 7) is 1.81. The Morgan fingerprint density at radius 2 is 2.08 bits per heavy atom. The topological polar surface area (TPSA) is 66.5 Å². The highest BCUT2D eigenvalue weighted by atomic mass is 32.2. The number of piperidine rings is 1. The number of carbonyl (C=O) groups excluding carboxylic acids is 1. The fourth-order valence-electron chi connectivity index (χ4n) is 3.00. The van der Waals surface area contributed by atoms with E-state index in [2.05, 4.69) is 5.32 Å². The number of carbonyl (C=O) groups is 1. The lowest BCUT2D eigenvalue weighted by Crippen LogP contribution is -2.48. The van der Waals surface area contributed by atoms with Crippen LogP contribution in [0.5, 0.6) is 0 Å². The predicted molar refractivity (Wildman–Crippen MR) is 96.6 cm³/mol. The minimum Gasteiger partial charge on any atom is -0.332 e. The van der Waals surface area contributed by atoms with Crippen LogP contribution in [0.2, 0.25) is 0 Å². The average molecular weight is 368 g/mol. The molecule has 1 heterocycles. The fraction of sp³-hybridized carbons (Fsp3) is 0.500. The summed E-state index contributed by atoms with van der Waals surface area (Å²) >= 11 is 0. The molecule has 0 spiro atoms. The molecule has 1 aliphatic heterocycles. The van der Waals surface area contributed by atoms with Crippen molar-refractivity contribution in [1.82, 2.24) is 10.2 Å². The number of rotatable bonds is 5. The number of likely N-dealkylation sites (tertiary alicyclic amines) is 1. The van der Waals surface area contributed by atoms with Gasteiger partial charge in [-0.05, 0) is 31.2 Å². The third-order valence-corrected chi connectivity index (χ3v) is 4.99. The smallest absolute Gasteiger partial charge is 0.318 e. The molecule has 1 aliphatic rings. The van der Waals surface area contributed by atoms with Crippen molar-refractivity contribution in [1.29, 1.82) is 0 Å². The summed E-state index contributed by atoms with van der Waals surface area (Å²) in [6.07, 6.45) is 3.76. The van der Waals surface area contributed by atoms with Crippen molar-refractivity contribution >= 4 is 15.9 Å². The van der Waals surface area contributed by atoms with Crippen LogP contribution in [0.3, 0.4) is 0 Å². The number of hydrogen-bond acceptors (Lipinski definition) is 3. The van der Waals surface area contributed by atoms with E-state index in [1.165, 1.54) is 6.08 Å². The lowest BCUT2D eigenvalue weighted by molar-refractivity contribution is 0.116. The molecule has 1 aromatic carbocycles. The van der Waals surface area contributed by atoms with Gasteiger partial charge in [-0.3, -0.25) is 4.39 Å². The van der Waals surface area contributed by atoms with E-state index >= 15 is 0 Å². The standard InChI is InChI=1S/C18H25FN2O3S/c1-14(9-11-25(2,23)24)20-18(22)21-10-8-15(13-19)12-17(21)16-6-4-3-5-7-16/h3-7,9,11,14-15,17H,8,10,12-13H2,1-2H3,(H,20,22)/b11-9+/t14?,15-,17+/m0/s1. The van der Waals surface area contributed by atoms with Gasteiger partial charge in [0.1, 0.15) is 0 Å². The Balaban J connectivity index is 2.11. The molecular formula is C18H25FN2O3S. The van der Waals surface area contributed by atoms with Crippen molar-refractivity contribution in [3.63, 3.8) is 0 Å². The first kappa shape index (κ1) is 19.4. The second-order valence-corrected chi connectivity index (χ2v) is 8.49. The van der Waals surface area contributed by atoms with E-state index < -0.39 is 15.9 Å². The summed E-state index contributed by atoms with van der Waals surface area (Å²) in [4.78, 5) is 14.4. The maximum absolute atomic E-state index is 13.1. The lowest BCUT2D eigenvalue weighted by atomic mass is 9.88. The largest absolute Gasteiger partial charge is 0.332 e. The van der Waals surface area contributed by atoms with Gasteiger partial charge in [0.2, 0.25) is 0 Å². The summed E-state index contributed by atoms with van der Waals surface area (Å²) in [5.41, 5.74) is 0.982. The van der Waals surface area contributed by atoms with Crippen LogP contribution in [-0.2, 0) is 9.84 Å². The van der Waals surface area contributed by atoms with Gasteiger partial charge in [-0.1, -0.05) is 36.4 Å². The minimum absolute atomic E-state index is 0.0446. The molecule has 0 saturated carbocycles. The number of benzene rings is 1. The molecule has 7 heteroatoms. The van der Waals surface area contributed by atoms with Gasteiger partial charge < -0.3 is 10.2 Å². The average Bonchev–Trinajstić information content (AvgIpc) is 2.59. The second kappa shape index (κ2) is 8.47. The highest BCUT2D eigenvalue weighted by molar-refractivity contribution is 7.93. The van der Waals surface area contributed by atoms with Crippen LogP contribution in [0.4, 0.5) is 9.18 Å². The molecule has 1 unspecified atom stereocenters. The Bertz CT molecular complexity index is 706. The monoisotopic (exact) mass is 368 g/mol. The summed E-state index contributed by atoms with van der Waals surface area (Å²) in [7, 11) is -3.23. The van der Waals surface area contributed by atoms with Crippen LogP contribution < -0.4 is 5.32 Å². The van der Waals surface area contributed by atoms with Crippen molar-refractivity contribution < 1.29 is 17.6 Å². The summed E-state index contributed by atoms with van der Waals surface area (Å²) in [6, 6.07) is 8.73. The molecule has 1 fully saturated rings. The number of hydrogen-bond donors (Lipinski definition) is 1. The van der Waals surface area contributed by atoms with Crippen molar-refractivity contribution in [2.75, 3.05) is 19.5 Å². The normalized spacial score (nSPS) is 22.8. The van der Waals surface area contributed by atoms with E-state index in [4.69, 9.17) is 0 Å². The van der Waals surface area contributed by atoms with Gasteiger partial charge >= 0.3 is 6.03 Å². The van der Waals surface area contributed by atoms with Gasteiger partial charge in [-0.2, -0.15) is 0 Å². The van der Waals surface area contributed by atoms with Crippen molar-refractivity contribution in [2.24, 2.45) is 5.92 Å². The molecule has 1 saturated heterocycles. The molecular weight excluding hydrogens is 343 g/mol. The Morgan fingerprint density at radius 3 is 2.68 bits per heavy atom. The summed E-state index contributed by atoms with van der Waals surface area (Å²) in [5.74, 6) is -0.0446. The first-order valence-corrected chi connectivity index (χ1v) is 10.3.